The first-order valence-electron chi connectivity index (χ1n) is 6.88. The number of para-hydroxylation sites is 2. The van der Waals surface area contributed by atoms with Crippen molar-refractivity contribution in [2.24, 2.45) is 0 Å². The second kappa shape index (κ2) is 5.51. The van der Waals surface area contributed by atoms with Crippen LogP contribution in [-0.2, 0) is 11.2 Å². The van der Waals surface area contributed by atoms with Gasteiger partial charge in [0, 0.05) is 25.5 Å². The molecule has 0 saturated heterocycles. The number of methoxy groups -OCH3 is 1. The zero-order chi connectivity index (χ0) is 13.2. The predicted molar refractivity (Wildman–Crippen MR) is 77.8 cm³/mol. The molecule has 2 unspecified atom stereocenters. The van der Waals surface area contributed by atoms with E-state index in [1.54, 1.807) is 7.11 Å². The number of hydrogen-bond donors (Lipinski definition) is 0. The first-order valence-corrected chi connectivity index (χ1v) is 7.41. The summed E-state index contributed by atoms with van der Waals surface area (Å²) in [5, 5.41) is 0. The van der Waals surface area contributed by atoms with Crippen LogP contribution in [0.4, 0.5) is 0 Å². The summed E-state index contributed by atoms with van der Waals surface area (Å²) in [5.74, 6) is 1.72. The van der Waals surface area contributed by atoms with Crippen LogP contribution in [0.1, 0.15) is 31.1 Å². The van der Waals surface area contributed by atoms with E-state index in [1.165, 1.54) is 5.52 Å². The molecule has 2 atom stereocenters. The van der Waals surface area contributed by atoms with Gasteiger partial charge >= 0.3 is 0 Å². The number of halogens is 1. The summed E-state index contributed by atoms with van der Waals surface area (Å²) < 4.78 is 7.88. The molecule has 0 aliphatic heterocycles. The molecule has 19 heavy (non-hydrogen) atoms. The number of hydrogen-bond acceptors (Lipinski definition) is 2. The van der Waals surface area contributed by atoms with E-state index in [4.69, 9.17) is 21.3 Å². The molecular weight excluding hydrogens is 260 g/mol. The molecule has 1 aromatic carbocycles. The molecule has 1 saturated carbocycles. The molecule has 4 heteroatoms. The van der Waals surface area contributed by atoms with E-state index in [0.29, 0.717) is 18.0 Å². The molecular formula is C15H19ClN2O. The minimum Gasteiger partial charge on any atom is -0.381 e. The van der Waals surface area contributed by atoms with E-state index in [1.807, 2.05) is 6.07 Å². The molecule has 0 amide bonds. The fraction of sp³-hybridized carbons (Fsp3) is 0.533. The molecule has 3 nitrogen and oxygen atoms in total. The Kier molecular flexibility index (Phi) is 3.76. The summed E-state index contributed by atoms with van der Waals surface area (Å²) in [4.78, 5) is 4.74. The number of benzene rings is 1. The summed E-state index contributed by atoms with van der Waals surface area (Å²) in [6, 6.07) is 8.84. The Balaban J connectivity index is 2.02. The van der Waals surface area contributed by atoms with Crippen molar-refractivity contribution in [1.29, 1.82) is 0 Å². The molecule has 1 aliphatic rings. The van der Waals surface area contributed by atoms with Crippen molar-refractivity contribution in [2.75, 3.05) is 13.0 Å². The number of imidazole rings is 1. The second-order valence-corrected chi connectivity index (χ2v) is 5.53. The Labute approximate surface area is 118 Å². The van der Waals surface area contributed by atoms with Crippen LogP contribution in [0, 0.1) is 0 Å². The van der Waals surface area contributed by atoms with Gasteiger partial charge in [-0.25, -0.2) is 4.98 Å². The molecule has 0 bridgehead atoms. The monoisotopic (exact) mass is 278 g/mol. The van der Waals surface area contributed by atoms with Gasteiger partial charge in [-0.15, -0.1) is 11.6 Å². The van der Waals surface area contributed by atoms with Crippen LogP contribution in [0.3, 0.4) is 0 Å². The largest absolute Gasteiger partial charge is 0.381 e. The van der Waals surface area contributed by atoms with Crippen molar-refractivity contribution >= 4 is 22.6 Å². The van der Waals surface area contributed by atoms with Crippen LogP contribution in [0.5, 0.6) is 0 Å². The first-order chi connectivity index (χ1) is 9.33. The lowest BCUT2D eigenvalue weighted by molar-refractivity contribution is 0.106. The van der Waals surface area contributed by atoms with Crippen LogP contribution < -0.4 is 0 Å². The number of rotatable bonds is 4. The van der Waals surface area contributed by atoms with Crippen molar-refractivity contribution in [3.8, 4) is 0 Å². The fourth-order valence-corrected chi connectivity index (χ4v) is 3.30. The van der Waals surface area contributed by atoms with Crippen molar-refractivity contribution in [2.45, 2.75) is 37.8 Å². The number of nitrogens with zero attached hydrogens (tertiary/aromatic N) is 2. The molecule has 1 aliphatic carbocycles. The highest BCUT2D eigenvalue weighted by Gasteiger charge is 2.28. The third kappa shape index (κ3) is 2.37. The maximum atomic E-state index is 5.92. The van der Waals surface area contributed by atoms with Crippen LogP contribution in [0.2, 0.25) is 0 Å². The molecule has 1 heterocycles. The summed E-state index contributed by atoms with van der Waals surface area (Å²) in [5.41, 5.74) is 2.30. The lowest BCUT2D eigenvalue weighted by atomic mass is 10.2. The predicted octanol–water partition coefficient (Wildman–Crippen LogP) is 3.56. The van der Waals surface area contributed by atoms with Gasteiger partial charge in [0.2, 0.25) is 0 Å². The van der Waals surface area contributed by atoms with E-state index in [0.717, 1.165) is 37.0 Å². The van der Waals surface area contributed by atoms with Gasteiger partial charge in [-0.3, -0.25) is 0 Å². The average Bonchev–Trinajstić information content (AvgIpc) is 3.02. The molecule has 3 rings (SSSR count). The lowest BCUT2D eigenvalue weighted by Gasteiger charge is -2.16. The Morgan fingerprint density at radius 3 is 2.95 bits per heavy atom. The number of aromatic nitrogens is 2. The third-order valence-electron chi connectivity index (χ3n) is 4.04. The minimum atomic E-state index is 0.384. The highest BCUT2D eigenvalue weighted by Crippen LogP contribution is 2.35. The highest BCUT2D eigenvalue weighted by molar-refractivity contribution is 6.17. The van der Waals surface area contributed by atoms with Gasteiger partial charge in [0.15, 0.2) is 0 Å². The average molecular weight is 279 g/mol. The van der Waals surface area contributed by atoms with Crippen molar-refractivity contribution in [3.05, 3.63) is 30.1 Å². The summed E-state index contributed by atoms with van der Waals surface area (Å²) in [6.45, 7) is 0. The van der Waals surface area contributed by atoms with E-state index in [9.17, 15) is 0 Å². The van der Waals surface area contributed by atoms with Crippen LogP contribution in [-0.4, -0.2) is 28.6 Å². The smallest absolute Gasteiger partial charge is 0.111 e. The Bertz CT molecular complexity index is 566. The molecule has 0 N–H and O–H groups in total. The van der Waals surface area contributed by atoms with Gasteiger partial charge in [-0.1, -0.05) is 12.1 Å². The maximum absolute atomic E-state index is 5.92. The number of ether oxygens (including phenoxy) is 1. The fourth-order valence-electron chi connectivity index (χ4n) is 3.13. The second-order valence-electron chi connectivity index (χ2n) is 5.15. The number of fused-ring (bicyclic) bond motifs is 1. The van der Waals surface area contributed by atoms with Gasteiger partial charge in [-0.2, -0.15) is 0 Å². The third-order valence-corrected chi connectivity index (χ3v) is 4.23. The molecule has 102 valence electrons. The summed E-state index contributed by atoms with van der Waals surface area (Å²) in [6.07, 6.45) is 4.58. The maximum Gasteiger partial charge on any atom is 0.111 e. The van der Waals surface area contributed by atoms with Crippen LogP contribution in [0.25, 0.3) is 11.0 Å². The quantitative estimate of drug-likeness (QED) is 0.800. The Morgan fingerprint density at radius 2 is 2.21 bits per heavy atom. The normalized spacial score (nSPS) is 23.3. The Morgan fingerprint density at radius 1 is 1.37 bits per heavy atom. The first kappa shape index (κ1) is 12.9. The highest BCUT2D eigenvalue weighted by atomic mass is 35.5. The molecule has 0 spiro atoms. The van der Waals surface area contributed by atoms with Crippen molar-refractivity contribution < 1.29 is 4.74 Å². The van der Waals surface area contributed by atoms with Gasteiger partial charge < -0.3 is 9.30 Å². The molecule has 0 radical (unpaired) electrons. The van der Waals surface area contributed by atoms with Crippen molar-refractivity contribution in [3.63, 3.8) is 0 Å². The SMILES string of the molecule is COC1CCC(n2c(CCCl)nc3ccccc32)C1. The van der Waals surface area contributed by atoms with E-state index >= 15 is 0 Å². The van der Waals surface area contributed by atoms with Crippen LogP contribution >= 0.6 is 11.6 Å². The lowest BCUT2D eigenvalue weighted by Crippen LogP contribution is -2.12. The minimum absolute atomic E-state index is 0.384. The van der Waals surface area contributed by atoms with Gasteiger partial charge in [0.1, 0.15) is 5.82 Å². The Hall–Kier alpha value is -1.06. The zero-order valence-electron chi connectivity index (χ0n) is 11.2. The van der Waals surface area contributed by atoms with Gasteiger partial charge in [0.25, 0.3) is 0 Å². The standard InChI is InChI=1S/C15H19ClN2O/c1-19-12-7-6-11(10-12)18-14-5-3-2-4-13(14)17-15(18)8-9-16/h2-5,11-12H,6-10H2,1H3. The molecule has 1 aromatic heterocycles. The van der Waals surface area contributed by atoms with E-state index in [-0.39, 0.29) is 0 Å². The van der Waals surface area contributed by atoms with Gasteiger partial charge in [-0.05, 0) is 31.4 Å². The number of alkyl halides is 1. The summed E-state index contributed by atoms with van der Waals surface area (Å²) in [7, 11) is 1.80. The van der Waals surface area contributed by atoms with Gasteiger partial charge in [0.05, 0.1) is 17.1 Å². The van der Waals surface area contributed by atoms with E-state index < -0.39 is 0 Å². The number of aryl methyl sites for hydroxylation is 1. The van der Waals surface area contributed by atoms with Crippen LogP contribution in [0.15, 0.2) is 24.3 Å². The molecule has 1 fully saturated rings. The molecule has 2 aromatic rings. The summed E-state index contributed by atoms with van der Waals surface area (Å²) >= 11 is 5.92. The van der Waals surface area contributed by atoms with Crippen molar-refractivity contribution in [1.82, 2.24) is 9.55 Å². The van der Waals surface area contributed by atoms with E-state index in [2.05, 4.69) is 22.8 Å². The topological polar surface area (TPSA) is 27.1 Å². The zero-order valence-corrected chi connectivity index (χ0v) is 11.9.